The molecule has 3 heteroatoms. The van der Waals surface area contributed by atoms with Crippen LogP contribution < -0.4 is 5.73 Å². The van der Waals surface area contributed by atoms with Crippen LogP contribution in [-0.2, 0) is 0 Å². The number of aromatic nitrogens is 2. The molecule has 3 nitrogen and oxygen atoms in total. The Kier molecular flexibility index (Phi) is 2.35. The first kappa shape index (κ1) is 9.71. The Morgan fingerprint density at radius 1 is 1.29 bits per heavy atom. The van der Waals surface area contributed by atoms with Crippen LogP contribution in [0.15, 0.2) is 0 Å². The predicted molar refractivity (Wildman–Crippen MR) is 57.3 cm³/mol. The van der Waals surface area contributed by atoms with Crippen LogP contribution in [0.1, 0.15) is 42.3 Å². The summed E-state index contributed by atoms with van der Waals surface area (Å²) in [6, 6.07) is 0.918. The van der Waals surface area contributed by atoms with E-state index in [0.717, 1.165) is 18.5 Å². The summed E-state index contributed by atoms with van der Waals surface area (Å²) >= 11 is 0. The first-order chi connectivity index (χ1) is 6.59. The fourth-order valence-corrected chi connectivity index (χ4v) is 2.31. The summed E-state index contributed by atoms with van der Waals surface area (Å²) in [7, 11) is 0. The van der Waals surface area contributed by atoms with Gasteiger partial charge in [-0.1, -0.05) is 0 Å². The van der Waals surface area contributed by atoms with E-state index >= 15 is 0 Å². The molecule has 1 heterocycles. The molecule has 1 fully saturated rings. The third kappa shape index (κ3) is 1.46. The van der Waals surface area contributed by atoms with E-state index in [9.17, 15) is 0 Å². The maximum Gasteiger partial charge on any atom is 0.0625 e. The third-order valence-corrected chi connectivity index (χ3v) is 3.48. The molecule has 1 aromatic heterocycles. The van der Waals surface area contributed by atoms with Crippen LogP contribution in [0.2, 0.25) is 0 Å². The standard InChI is InChI=1S/C11H19N3/c1-7-8(2)13-14(9(7)3)11-5-4-10(12)6-11/h10-11H,4-6,12H2,1-3H3. The molecule has 2 N–H and O–H groups in total. The Hall–Kier alpha value is -0.830. The van der Waals surface area contributed by atoms with Gasteiger partial charge in [-0.05, 0) is 45.6 Å². The zero-order chi connectivity index (χ0) is 10.3. The number of nitrogens with two attached hydrogens (primary N) is 1. The van der Waals surface area contributed by atoms with Gasteiger partial charge in [0.1, 0.15) is 0 Å². The van der Waals surface area contributed by atoms with Crippen molar-refractivity contribution in [3.05, 3.63) is 17.0 Å². The van der Waals surface area contributed by atoms with Gasteiger partial charge in [0.15, 0.2) is 0 Å². The lowest BCUT2D eigenvalue weighted by Gasteiger charge is -2.12. The molecule has 1 aromatic rings. The smallest absolute Gasteiger partial charge is 0.0625 e. The summed E-state index contributed by atoms with van der Waals surface area (Å²) in [5.74, 6) is 0. The summed E-state index contributed by atoms with van der Waals surface area (Å²) in [5.41, 5.74) is 9.70. The predicted octanol–water partition coefficient (Wildman–Crippen LogP) is 1.86. The third-order valence-electron chi connectivity index (χ3n) is 3.48. The molecule has 2 atom stereocenters. The minimum atomic E-state index is 0.379. The second-order valence-electron chi connectivity index (χ2n) is 4.47. The maximum absolute atomic E-state index is 5.92. The minimum Gasteiger partial charge on any atom is -0.328 e. The van der Waals surface area contributed by atoms with E-state index in [1.807, 2.05) is 0 Å². The van der Waals surface area contributed by atoms with Gasteiger partial charge in [-0.15, -0.1) is 0 Å². The molecule has 0 saturated heterocycles. The number of hydrogen-bond acceptors (Lipinski definition) is 2. The van der Waals surface area contributed by atoms with Gasteiger partial charge in [-0.3, -0.25) is 4.68 Å². The Morgan fingerprint density at radius 2 is 2.00 bits per heavy atom. The van der Waals surface area contributed by atoms with Crippen molar-refractivity contribution in [1.82, 2.24) is 9.78 Å². The zero-order valence-corrected chi connectivity index (χ0v) is 9.25. The van der Waals surface area contributed by atoms with Gasteiger partial charge in [0.25, 0.3) is 0 Å². The van der Waals surface area contributed by atoms with Gasteiger partial charge >= 0.3 is 0 Å². The number of aryl methyl sites for hydroxylation is 1. The second kappa shape index (κ2) is 3.39. The van der Waals surface area contributed by atoms with Gasteiger partial charge in [0, 0.05) is 11.7 Å². The lowest BCUT2D eigenvalue weighted by molar-refractivity contribution is 0.448. The zero-order valence-electron chi connectivity index (χ0n) is 9.25. The van der Waals surface area contributed by atoms with Crippen molar-refractivity contribution >= 4 is 0 Å². The lowest BCUT2D eigenvalue weighted by atomic mass is 10.2. The minimum absolute atomic E-state index is 0.379. The van der Waals surface area contributed by atoms with Crippen molar-refractivity contribution in [2.24, 2.45) is 5.73 Å². The highest BCUT2D eigenvalue weighted by molar-refractivity contribution is 5.22. The van der Waals surface area contributed by atoms with E-state index in [1.54, 1.807) is 0 Å². The maximum atomic E-state index is 5.92. The molecular weight excluding hydrogens is 174 g/mol. The number of rotatable bonds is 1. The van der Waals surface area contributed by atoms with Crippen LogP contribution in [0.3, 0.4) is 0 Å². The molecule has 1 saturated carbocycles. The molecule has 2 rings (SSSR count). The Balaban J connectivity index is 2.28. The molecule has 1 aliphatic rings. The topological polar surface area (TPSA) is 43.8 Å². The first-order valence-corrected chi connectivity index (χ1v) is 5.37. The highest BCUT2D eigenvalue weighted by Crippen LogP contribution is 2.30. The summed E-state index contributed by atoms with van der Waals surface area (Å²) < 4.78 is 2.18. The Labute approximate surface area is 85.3 Å². The van der Waals surface area contributed by atoms with Gasteiger partial charge in [-0.25, -0.2) is 0 Å². The SMILES string of the molecule is Cc1nn(C2CCC(N)C2)c(C)c1C. The molecule has 2 unspecified atom stereocenters. The van der Waals surface area contributed by atoms with Crippen molar-refractivity contribution in [3.8, 4) is 0 Å². The van der Waals surface area contributed by atoms with Crippen LogP contribution in [0.4, 0.5) is 0 Å². The molecule has 0 aromatic carbocycles. The molecule has 0 spiro atoms. The van der Waals surface area contributed by atoms with Crippen molar-refractivity contribution in [1.29, 1.82) is 0 Å². The molecule has 1 aliphatic carbocycles. The molecule has 0 bridgehead atoms. The molecule has 78 valence electrons. The van der Waals surface area contributed by atoms with Gasteiger partial charge < -0.3 is 5.73 Å². The fraction of sp³-hybridized carbons (Fsp3) is 0.727. The molecule has 14 heavy (non-hydrogen) atoms. The monoisotopic (exact) mass is 193 g/mol. The Bertz CT molecular complexity index is 341. The highest BCUT2D eigenvalue weighted by atomic mass is 15.3. The van der Waals surface area contributed by atoms with Crippen LogP contribution in [-0.4, -0.2) is 15.8 Å². The summed E-state index contributed by atoms with van der Waals surface area (Å²) in [6.45, 7) is 6.37. The summed E-state index contributed by atoms with van der Waals surface area (Å²) in [5, 5.41) is 4.59. The van der Waals surface area contributed by atoms with Crippen molar-refractivity contribution < 1.29 is 0 Å². The molecular formula is C11H19N3. The number of hydrogen-bond donors (Lipinski definition) is 1. The van der Waals surface area contributed by atoms with Gasteiger partial charge in [0.2, 0.25) is 0 Å². The highest BCUT2D eigenvalue weighted by Gasteiger charge is 2.25. The first-order valence-electron chi connectivity index (χ1n) is 5.37. The average molecular weight is 193 g/mol. The van der Waals surface area contributed by atoms with E-state index in [0.29, 0.717) is 12.1 Å². The van der Waals surface area contributed by atoms with Crippen LogP contribution in [0, 0.1) is 20.8 Å². The van der Waals surface area contributed by atoms with Crippen molar-refractivity contribution in [2.75, 3.05) is 0 Å². The fourth-order valence-electron chi connectivity index (χ4n) is 2.31. The number of nitrogens with zero attached hydrogens (tertiary/aromatic N) is 2. The van der Waals surface area contributed by atoms with Crippen LogP contribution >= 0.6 is 0 Å². The van der Waals surface area contributed by atoms with Gasteiger partial charge in [0.05, 0.1) is 11.7 Å². The average Bonchev–Trinajstić information content (AvgIpc) is 2.66. The van der Waals surface area contributed by atoms with E-state index in [-0.39, 0.29) is 0 Å². The van der Waals surface area contributed by atoms with Crippen molar-refractivity contribution in [2.45, 2.75) is 52.1 Å². The lowest BCUT2D eigenvalue weighted by Crippen LogP contribution is -2.17. The van der Waals surface area contributed by atoms with E-state index in [4.69, 9.17) is 5.73 Å². The summed E-state index contributed by atoms with van der Waals surface area (Å²) in [6.07, 6.45) is 3.41. The second-order valence-corrected chi connectivity index (χ2v) is 4.47. The molecule has 0 aliphatic heterocycles. The molecule has 0 amide bonds. The normalized spacial score (nSPS) is 27.1. The van der Waals surface area contributed by atoms with Gasteiger partial charge in [-0.2, -0.15) is 5.10 Å². The summed E-state index contributed by atoms with van der Waals surface area (Å²) in [4.78, 5) is 0. The molecule has 0 radical (unpaired) electrons. The largest absolute Gasteiger partial charge is 0.328 e. The Morgan fingerprint density at radius 3 is 2.43 bits per heavy atom. The van der Waals surface area contributed by atoms with E-state index < -0.39 is 0 Å². The van der Waals surface area contributed by atoms with E-state index in [2.05, 4.69) is 30.6 Å². The van der Waals surface area contributed by atoms with E-state index in [1.165, 1.54) is 17.7 Å². The quantitative estimate of drug-likeness (QED) is 0.740. The van der Waals surface area contributed by atoms with Crippen LogP contribution in [0.25, 0.3) is 0 Å². The van der Waals surface area contributed by atoms with Crippen molar-refractivity contribution in [3.63, 3.8) is 0 Å². The van der Waals surface area contributed by atoms with Crippen LogP contribution in [0.5, 0.6) is 0 Å².